The molecular formula is C13H23N3O4. The quantitative estimate of drug-likeness (QED) is 0.650. The van der Waals surface area contributed by atoms with Crippen LogP contribution in [0.3, 0.4) is 0 Å². The highest BCUT2D eigenvalue weighted by Gasteiger charge is 2.20. The van der Waals surface area contributed by atoms with E-state index in [1.54, 1.807) is 6.92 Å². The molecule has 1 rings (SSSR count). The second kappa shape index (κ2) is 7.84. The van der Waals surface area contributed by atoms with Gasteiger partial charge in [0, 0.05) is 25.9 Å². The summed E-state index contributed by atoms with van der Waals surface area (Å²) in [5.41, 5.74) is 0. The summed E-state index contributed by atoms with van der Waals surface area (Å²) in [6, 6.07) is -0.507. The van der Waals surface area contributed by atoms with Gasteiger partial charge in [0.2, 0.25) is 5.91 Å². The lowest BCUT2D eigenvalue weighted by atomic mass is 10.0. The summed E-state index contributed by atoms with van der Waals surface area (Å²) in [5, 5.41) is 13.5. The second-order valence-electron chi connectivity index (χ2n) is 5.58. The number of likely N-dealkylation sites (tertiary alicyclic amines) is 1. The summed E-state index contributed by atoms with van der Waals surface area (Å²) in [6.45, 7) is 4.19. The lowest BCUT2D eigenvalue weighted by molar-refractivity contribution is -0.138. The molecule has 7 heteroatoms. The first-order chi connectivity index (χ1) is 9.36. The number of aliphatic carboxylic acids is 1. The molecule has 0 radical (unpaired) electrons. The number of carboxylic acids is 1. The summed E-state index contributed by atoms with van der Waals surface area (Å²) < 4.78 is 0. The summed E-state index contributed by atoms with van der Waals surface area (Å²) >= 11 is 0. The molecule has 0 aromatic carbocycles. The monoisotopic (exact) mass is 285 g/mol. The Hall–Kier alpha value is -1.63. The highest BCUT2D eigenvalue weighted by molar-refractivity contribution is 5.94. The SMILES string of the molecule is CC(CC(=O)O)CC(=O)NC(=O)NCC1CCN(C)C1. The van der Waals surface area contributed by atoms with E-state index in [1.807, 2.05) is 7.05 Å². The largest absolute Gasteiger partial charge is 0.481 e. The summed E-state index contributed by atoms with van der Waals surface area (Å²) in [4.78, 5) is 35.7. The minimum Gasteiger partial charge on any atom is -0.481 e. The second-order valence-corrected chi connectivity index (χ2v) is 5.58. The fourth-order valence-corrected chi connectivity index (χ4v) is 2.34. The minimum absolute atomic E-state index is 0.0336. The smallest absolute Gasteiger partial charge is 0.321 e. The van der Waals surface area contributed by atoms with Crippen molar-refractivity contribution in [1.29, 1.82) is 0 Å². The number of carbonyl (C=O) groups excluding carboxylic acids is 2. The molecule has 7 nitrogen and oxygen atoms in total. The van der Waals surface area contributed by atoms with Gasteiger partial charge in [-0.15, -0.1) is 0 Å². The lowest BCUT2D eigenvalue weighted by Crippen LogP contribution is -2.42. The predicted molar refractivity (Wildman–Crippen MR) is 73.2 cm³/mol. The van der Waals surface area contributed by atoms with Crippen LogP contribution in [0, 0.1) is 11.8 Å². The Bertz CT molecular complexity index is 373. The molecule has 3 amide bonds. The van der Waals surface area contributed by atoms with E-state index in [4.69, 9.17) is 5.11 Å². The molecule has 0 aliphatic carbocycles. The topological polar surface area (TPSA) is 98.7 Å². The van der Waals surface area contributed by atoms with E-state index in [9.17, 15) is 14.4 Å². The highest BCUT2D eigenvalue weighted by Crippen LogP contribution is 2.12. The van der Waals surface area contributed by atoms with Crippen molar-refractivity contribution in [1.82, 2.24) is 15.5 Å². The molecule has 2 atom stereocenters. The van der Waals surface area contributed by atoms with Crippen LogP contribution in [-0.2, 0) is 9.59 Å². The van der Waals surface area contributed by atoms with E-state index in [0.717, 1.165) is 19.5 Å². The molecule has 0 aromatic heterocycles. The van der Waals surface area contributed by atoms with Crippen molar-refractivity contribution < 1.29 is 19.5 Å². The third kappa shape index (κ3) is 6.51. The van der Waals surface area contributed by atoms with Crippen molar-refractivity contribution >= 4 is 17.9 Å². The van der Waals surface area contributed by atoms with Crippen LogP contribution in [0.15, 0.2) is 0 Å². The van der Waals surface area contributed by atoms with Crippen LogP contribution < -0.4 is 10.6 Å². The molecule has 1 aliphatic heterocycles. The summed E-state index contributed by atoms with van der Waals surface area (Å²) in [6.07, 6.45) is 0.996. The number of imide groups is 1. The van der Waals surface area contributed by atoms with Gasteiger partial charge in [0.05, 0.1) is 0 Å². The minimum atomic E-state index is -0.944. The van der Waals surface area contributed by atoms with Crippen LogP contribution in [-0.4, -0.2) is 54.6 Å². The normalized spacial score (nSPS) is 20.4. The van der Waals surface area contributed by atoms with Crippen molar-refractivity contribution in [3.05, 3.63) is 0 Å². The van der Waals surface area contributed by atoms with Crippen molar-refractivity contribution in [3.63, 3.8) is 0 Å². The molecule has 1 saturated heterocycles. The van der Waals surface area contributed by atoms with Gasteiger partial charge in [-0.1, -0.05) is 6.92 Å². The van der Waals surface area contributed by atoms with Gasteiger partial charge in [-0.25, -0.2) is 4.79 Å². The highest BCUT2D eigenvalue weighted by atomic mass is 16.4. The molecule has 1 fully saturated rings. The van der Waals surface area contributed by atoms with Gasteiger partial charge in [0.1, 0.15) is 0 Å². The Kier molecular flexibility index (Phi) is 6.44. The number of urea groups is 1. The third-order valence-corrected chi connectivity index (χ3v) is 3.35. The number of nitrogens with one attached hydrogen (secondary N) is 2. The number of carbonyl (C=O) groups is 3. The first-order valence-electron chi connectivity index (χ1n) is 6.84. The van der Waals surface area contributed by atoms with Gasteiger partial charge in [0.15, 0.2) is 0 Å². The molecule has 1 aliphatic rings. The molecule has 0 spiro atoms. The molecule has 3 N–H and O–H groups in total. The van der Waals surface area contributed by atoms with Crippen molar-refractivity contribution in [2.24, 2.45) is 11.8 Å². The van der Waals surface area contributed by atoms with E-state index in [2.05, 4.69) is 15.5 Å². The van der Waals surface area contributed by atoms with Gasteiger partial charge in [-0.2, -0.15) is 0 Å². The van der Waals surface area contributed by atoms with Gasteiger partial charge < -0.3 is 15.3 Å². The molecule has 2 unspecified atom stereocenters. The van der Waals surface area contributed by atoms with E-state index >= 15 is 0 Å². The standard InChI is InChI=1S/C13H23N3O4/c1-9(6-12(18)19)5-11(17)15-13(20)14-7-10-3-4-16(2)8-10/h9-10H,3-8H2,1-2H3,(H,18,19)(H2,14,15,17,20). The van der Waals surface area contributed by atoms with Crippen molar-refractivity contribution in [2.75, 3.05) is 26.7 Å². The Labute approximate surface area is 118 Å². The Balaban J connectivity index is 2.17. The predicted octanol–water partition coefficient (Wildman–Crippen LogP) is 0.265. The van der Waals surface area contributed by atoms with Gasteiger partial charge in [-0.3, -0.25) is 14.9 Å². The van der Waals surface area contributed by atoms with Gasteiger partial charge in [0.25, 0.3) is 0 Å². The van der Waals surface area contributed by atoms with Gasteiger partial charge in [-0.05, 0) is 31.8 Å². The molecule has 0 aromatic rings. The summed E-state index contributed by atoms with van der Waals surface area (Å²) in [5.74, 6) is -1.25. The number of hydrogen-bond donors (Lipinski definition) is 3. The first kappa shape index (κ1) is 16.4. The van der Waals surface area contributed by atoms with Crippen molar-refractivity contribution in [3.8, 4) is 0 Å². The zero-order valence-electron chi connectivity index (χ0n) is 12.0. The number of hydrogen-bond acceptors (Lipinski definition) is 4. The zero-order valence-corrected chi connectivity index (χ0v) is 12.0. The average Bonchev–Trinajstić information content (AvgIpc) is 2.71. The van der Waals surface area contributed by atoms with Crippen LogP contribution in [0.5, 0.6) is 0 Å². The molecule has 1 heterocycles. The maximum absolute atomic E-state index is 11.5. The van der Waals surface area contributed by atoms with Crippen LogP contribution in [0.4, 0.5) is 4.79 Å². The van der Waals surface area contributed by atoms with Crippen LogP contribution in [0.1, 0.15) is 26.2 Å². The Morgan fingerprint density at radius 2 is 2.05 bits per heavy atom. The number of nitrogens with zero attached hydrogens (tertiary/aromatic N) is 1. The van der Waals surface area contributed by atoms with Crippen molar-refractivity contribution in [2.45, 2.75) is 26.2 Å². The Morgan fingerprint density at radius 1 is 1.35 bits per heavy atom. The van der Waals surface area contributed by atoms with E-state index in [0.29, 0.717) is 12.5 Å². The van der Waals surface area contributed by atoms with Crippen LogP contribution in [0.2, 0.25) is 0 Å². The molecule has 20 heavy (non-hydrogen) atoms. The maximum atomic E-state index is 11.5. The van der Waals surface area contributed by atoms with E-state index in [-0.39, 0.29) is 18.8 Å². The van der Waals surface area contributed by atoms with Crippen LogP contribution in [0.25, 0.3) is 0 Å². The zero-order chi connectivity index (χ0) is 15.1. The van der Waals surface area contributed by atoms with E-state index < -0.39 is 17.9 Å². The first-order valence-corrected chi connectivity index (χ1v) is 6.84. The molecule has 114 valence electrons. The molecular weight excluding hydrogens is 262 g/mol. The maximum Gasteiger partial charge on any atom is 0.321 e. The molecule has 0 bridgehead atoms. The van der Waals surface area contributed by atoms with Crippen LogP contribution >= 0.6 is 0 Å². The average molecular weight is 285 g/mol. The van der Waals surface area contributed by atoms with E-state index in [1.165, 1.54) is 0 Å². The third-order valence-electron chi connectivity index (χ3n) is 3.35. The number of amides is 3. The summed E-state index contributed by atoms with van der Waals surface area (Å²) in [7, 11) is 2.04. The fraction of sp³-hybridized carbons (Fsp3) is 0.769. The van der Waals surface area contributed by atoms with Gasteiger partial charge >= 0.3 is 12.0 Å². The lowest BCUT2D eigenvalue weighted by Gasteiger charge is -2.13. The molecule has 0 saturated carbocycles. The Morgan fingerprint density at radius 3 is 2.60 bits per heavy atom. The number of rotatable bonds is 6. The number of carboxylic acid groups (broad SMARTS) is 1. The fourth-order valence-electron chi connectivity index (χ4n) is 2.34.